The number of Topliss-reactive ketones (excluding diaryl/α,β-unsaturated/α-hetero) is 1. The number of hydrogen-bond acceptors (Lipinski definition) is 2. The van der Waals surface area contributed by atoms with E-state index in [1.807, 2.05) is 12.1 Å². The van der Waals surface area contributed by atoms with Gasteiger partial charge in [0.15, 0.2) is 0 Å². The van der Waals surface area contributed by atoms with Crippen LogP contribution >= 0.6 is 15.9 Å². The van der Waals surface area contributed by atoms with Crippen molar-refractivity contribution in [2.24, 2.45) is 0 Å². The highest BCUT2D eigenvalue weighted by atomic mass is 79.9. The van der Waals surface area contributed by atoms with Crippen LogP contribution in [0.15, 0.2) is 28.7 Å². The summed E-state index contributed by atoms with van der Waals surface area (Å²) in [7, 11) is 0. The molecule has 1 aromatic rings. The largest absolute Gasteiger partial charge is 0.307 e. The molecule has 0 radical (unpaired) electrons. The van der Waals surface area contributed by atoms with Crippen molar-refractivity contribution in [2.45, 2.75) is 25.3 Å². The third-order valence-electron chi connectivity index (χ3n) is 2.71. The third kappa shape index (κ3) is 2.89. The van der Waals surface area contributed by atoms with E-state index in [-0.39, 0.29) is 6.04 Å². The molecule has 2 nitrogen and oxygen atoms in total. The summed E-state index contributed by atoms with van der Waals surface area (Å²) in [6.07, 6.45) is 2.51. The van der Waals surface area contributed by atoms with Crippen molar-refractivity contribution in [3.63, 3.8) is 0 Å². The maximum absolute atomic E-state index is 11.6. The topological polar surface area (TPSA) is 29.1 Å². The molecule has 1 saturated heterocycles. The lowest BCUT2D eigenvalue weighted by molar-refractivity contribution is -0.122. The van der Waals surface area contributed by atoms with Gasteiger partial charge in [0.05, 0.1) is 6.04 Å². The van der Waals surface area contributed by atoms with Crippen LogP contribution in [0.25, 0.3) is 0 Å². The average molecular weight is 268 g/mol. The fraction of sp³-hybridized carbons (Fsp3) is 0.417. The average Bonchev–Trinajstić information content (AvgIpc) is 2.22. The molecule has 1 aliphatic heterocycles. The summed E-state index contributed by atoms with van der Waals surface area (Å²) in [6, 6.07) is 8.16. The van der Waals surface area contributed by atoms with E-state index in [1.54, 1.807) is 0 Å². The molecule has 1 N–H and O–H groups in total. The number of hydrogen-bond donors (Lipinski definition) is 1. The molecule has 0 saturated carbocycles. The number of halogens is 1. The van der Waals surface area contributed by atoms with Gasteiger partial charge in [-0.05, 0) is 37.1 Å². The zero-order valence-corrected chi connectivity index (χ0v) is 10.1. The minimum atomic E-state index is 0.0213. The van der Waals surface area contributed by atoms with E-state index in [0.29, 0.717) is 5.78 Å². The van der Waals surface area contributed by atoms with Crippen molar-refractivity contribution in [1.82, 2.24) is 5.32 Å². The van der Waals surface area contributed by atoms with Crippen molar-refractivity contribution >= 4 is 21.7 Å². The van der Waals surface area contributed by atoms with E-state index < -0.39 is 0 Å². The first kappa shape index (κ1) is 10.8. The molecule has 1 aliphatic rings. The van der Waals surface area contributed by atoms with Gasteiger partial charge < -0.3 is 5.32 Å². The molecule has 1 atom stereocenters. The molecule has 1 heterocycles. The van der Waals surface area contributed by atoms with Crippen LogP contribution in [0.5, 0.6) is 0 Å². The van der Waals surface area contributed by atoms with Crippen molar-refractivity contribution in [3.8, 4) is 0 Å². The molecular weight excluding hydrogens is 254 g/mol. The van der Waals surface area contributed by atoms with Crippen LogP contribution in [0.4, 0.5) is 0 Å². The van der Waals surface area contributed by atoms with Gasteiger partial charge in [-0.1, -0.05) is 28.1 Å². The van der Waals surface area contributed by atoms with Gasteiger partial charge in [0.25, 0.3) is 0 Å². The Bertz CT molecular complexity index is 364. The summed E-state index contributed by atoms with van der Waals surface area (Å²) in [5, 5.41) is 3.27. The zero-order valence-electron chi connectivity index (χ0n) is 8.50. The van der Waals surface area contributed by atoms with E-state index in [2.05, 4.69) is 33.4 Å². The van der Waals surface area contributed by atoms with Crippen LogP contribution in [0, 0.1) is 0 Å². The first-order valence-electron chi connectivity index (χ1n) is 5.26. The van der Waals surface area contributed by atoms with Gasteiger partial charge in [0.2, 0.25) is 0 Å². The van der Waals surface area contributed by atoms with E-state index in [4.69, 9.17) is 0 Å². The summed E-state index contributed by atoms with van der Waals surface area (Å²) in [6.45, 7) is 0.963. The first-order chi connectivity index (χ1) is 7.25. The van der Waals surface area contributed by atoms with Crippen LogP contribution in [0.3, 0.4) is 0 Å². The maximum Gasteiger partial charge on any atom is 0.150 e. The lowest BCUT2D eigenvalue weighted by Crippen LogP contribution is -2.43. The first-order valence-corrected chi connectivity index (χ1v) is 6.05. The monoisotopic (exact) mass is 267 g/mol. The Kier molecular flexibility index (Phi) is 3.54. The molecule has 0 aliphatic carbocycles. The number of piperidine rings is 1. The Hall–Kier alpha value is -0.670. The molecule has 2 rings (SSSR count). The van der Waals surface area contributed by atoms with Crippen LogP contribution in [-0.2, 0) is 11.2 Å². The lowest BCUT2D eigenvalue weighted by atomic mass is 9.97. The van der Waals surface area contributed by atoms with Gasteiger partial charge in [-0.3, -0.25) is 4.79 Å². The predicted molar refractivity (Wildman–Crippen MR) is 63.9 cm³/mol. The normalized spacial score (nSPS) is 21.7. The SMILES string of the molecule is O=C1CCCNC1Cc1cccc(Br)c1. The molecule has 80 valence electrons. The molecule has 0 bridgehead atoms. The Morgan fingerprint density at radius 1 is 1.47 bits per heavy atom. The summed E-state index contributed by atoms with van der Waals surface area (Å²) >= 11 is 3.44. The third-order valence-corrected chi connectivity index (χ3v) is 3.20. The Morgan fingerprint density at radius 3 is 3.07 bits per heavy atom. The number of benzene rings is 1. The molecule has 0 aromatic heterocycles. The van der Waals surface area contributed by atoms with Crippen LogP contribution in [0.1, 0.15) is 18.4 Å². The van der Waals surface area contributed by atoms with E-state index in [1.165, 1.54) is 5.56 Å². The second kappa shape index (κ2) is 4.90. The second-order valence-corrected chi connectivity index (χ2v) is 4.83. The Balaban J connectivity index is 2.04. The fourth-order valence-electron chi connectivity index (χ4n) is 1.91. The number of ketones is 1. The fourth-order valence-corrected chi connectivity index (χ4v) is 2.36. The minimum absolute atomic E-state index is 0.0213. The van der Waals surface area contributed by atoms with Crippen LogP contribution in [0.2, 0.25) is 0 Å². The van der Waals surface area contributed by atoms with Gasteiger partial charge in [0.1, 0.15) is 5.78 Å². The van der Waals surface area contributed by atoms with Gasteiger partial charge in [-0.15, -0.1) is 0 Å². The van der Waals surface area contributed by atoms with Crippen molar-refractivity contribution < 1.29 is 4.79 Å². The number of rotatable bonds is 2. The summed E-state index contributed by atoms with van der Waals surface area (Å²) in [5.74, 6) is 0.348. The van der Waals surface area contributed by atoms with E-state index in [9.17, 15) is 4.79 Å². The number of nitrogens with one attached hydrogen (secondary N) is 1. The smallest absolute Gasteiger partial charge is 0.150 e. The highest BCUT2D eigenvalue weighted by Gasteiger charge is 2.21. The van der Waals surface area contributed by atoms with Gasteiger partial charge in [0, 0.05) is 10.9 Å². The number of carbonyl (C=O) groups excluding carboxylic acids is 1. The summed E-state index contributed by atoms with van der Waals surface area (Å²) in [5.41, 5.74) is 1.21. The molecule has 1 unspecified atom stereocenters. The van der Waals surface area contributed by atoms with E-state index >= 15 is 0 Å². The predicted octanol–water partition coefficient (Wildman–Crippen LogP) is 2.31. The van der Waals surface area contributed by atoms with Crippen LogP contribution in [-0.4, -0.2) is 18.4 Å². The lowest BCUT2D eigenvalue weighted by Gasteiger charge is -2.22. The van der Waals surface area contributed by atoms with Crippen molar-refractivity contribution in [1.29, 1.82) is 0 Å². The van der Waals surface area contributed by atoms with Crippen molar-refractivity contribution in [2.75, 3.05) is 6.54 Å². The highest BCUT2D eigenvalue weighted by molar-refractivity contribution is 9.10. The standard InChI is InChI=1S/C12H14BrNO/c13-10-4-1-3-9(7-10)8-11-12(15)5-2-6-14-11/h1,3-4,7,11,14H,2,5-6,8H2. The molecule has 0 amide bonds. The van der Waals surface area contributed by atoms with Gasteiger partial charge in [-0.2, -0.15) is 0 Å². The minimum Gasteiger partial charge on any atom is -0.307 e. The maximum atomic E-state index is 11.6. The van der Waals surface area contributed by atoms with E-state index in [0.717, 1.165) is 30.3 Å². The Morgan fingerprint density at radius 2 is 2.33 bits per heavy atom. The quantitative estimate of drug-likeness (QED) is 0.891. The molecule has 1 aromatic carbocycles. The zero-order chi connectivity index (χ0) is 10.7. The Labute approximate surface area is 98.2 Å². The van der Waals surface area contributed by atoms with Crippen molar-refractivity contribution in [3.05, 3.63) is 34.3 Å². The molecule has 1 fully saturated rings. The molecule has 0 spiro atoms. The number of carbonyl (C=O) groups is 1. The summed E-state index contributed by atoms with van der Waals surface area (Å²) in [4.78, 5) is 11.6. The summed E-state index contributed by atoms with van der Waals surface area (Å²) < 4.78 is 1.07. The molecular formula is C12H14BrNO. The van der Waals surface area contributed by atoms with Gasteiger partial charge >= 0.3 is 0 Å². The highest BCUT2D eigenvalue weighted by Crippen LogP contribution is 2.15. The molecule has 3 heteroatoms. The van der Waals surface area contributed by atoms with Gasteiger partial charge in [-0.25, -0.2) is 0 Å². The molecule has 15 heavy (non-hydrogen) atoms. The van der Waals surface area contributed by atoms with Crippen LogP contribution < -0.4 is 5.32 Å². The second-order valence-electron chi connectivity index (χ2n) is 3.91.